The third-order valence-corrected chi connectivity index (χ3v) is 2.85. The van der Waals surface area contributed by atoms with E-state index in [0.29, 0.717) is 5.56 Å². The maximum Gasteiger partial charge on any atom is 0.417 e. The molecule has 0 radical (unpaired) electrons. The fourth-order valence-corrected chi connectivity index (χ4v) is 1.84. The van der Waals surface area contributed by atoms with Crippen LogP contribution in [0.1, 0.15) is 21.5 Å². The van der Waals surface area contributed by atoms with Gasteiger partial charge in [0.05, 0.1) is 16.8 Å². The SMILES string of the molecule is Cc1ccc(NC(=O)c2ccccc2C(F)(F)F)c(F)c1. The van der Waals surface area contributed by atoms with Gasteiger partial charge >= 0.3 is 6.18 Å². The van der Waals surface area contributed by atoms with Gasteiger partial charge in [-0.2, -0.15) is 13.2 Å². The minimum Gasteiger partial charge on any atom is -0.319 e. The van der Waals surface area contributed by atoms with Crippen molar-refractivity contribution in [3.05, 3.63) is 65.0 Å². The van der Waals surface area contributed by atoms with Crippen molar-refractivity contribution in [1.82, 2.24) is 0 Å². The monoisotopic (exact) mass is 297 g/mol. The quantitative estimate of drug-likeness (QED) is 0.818. The molecule has 110 valence electrons. The Morgan fingerprint density at radius 1 is 1.10 bits per heavy atom. The number of alkyl halides is 3. The van der Waals surface area contributed by atoms with E-state index in [1.807, 2.05) is 0 Å². The van der Waals surface area contributed by atoms with Crippen LogP contribution in [0.5, 0.6) is 0 Å². The highest BCUT2D eigenvalue weighted by atomic mass is 19.4. The van der Waals surface area contributed by atoms with Crippen LogP contribution in [-0.4, -0.2) is 5.91 Å². The summed E-state index contributed by atoms with van der Waals surface area (Å²) < 4.78 is 52.1. The third kappa shape index (κ3) is 3.39. The number of carbonyl (C=O) groups is 1. The number of halogens is 4. The standard InChI is InChI=1S/C15H11F4NO/c1-9-6-7-13(12(16)8-9)20-14(21)10-4-2-3-5-11(10)15(17,18)19/h2-8H,1H3,(H,20,21). The first-order valence-electron chi connectivity index (χ1n) is 6.03. The van der Waals surface area contributed by atoms with E-state index in [0.717, 1.165) is 12.1 Å². The van der Waals surface area contributed by atoms with Gasteiger partial charge in [0, 0.05) is 0 Å². The zero-order valence-electron chi connectivity index (χ0n) is 11.0. The highest BCUT2D eigenvalue weighted by molar-refractivity contribution is 6.05. The lowest BCUT2D eigenvalue weighted by molar-refractivity contribution is -0.137. The second kappa shape index (κ2) is 5.55. The predicted octanol–water partition coefficient (Wildman–Crippen LogP) is 4.41. The Labute approximate surface area is 118 Å². The minimum atomic E-state index is -4.65. The van der Waals surface area contributed by atoms with Gasteiger partial charge in [-0.15, -0.1) is 0 Å². The molecule has 0 aliphatic rings. The van der Waals surface area contributed by atoms with Crippen LogP contribution < -0.4 is 5.32 Å². The van der Waals surface area contributed by atoms with E-state index in [1.165, 1.54) is 24.3 Å². The number of nitrogens with one attached hydrogen (secondary N) is 1. The van der Waals surface area contributed by atoms with Crippen LogP contribution in [-0.2, 0) is 6.18 Å². The zero-order valence-corrected chi connectivity index (χ0v) is 11.0. The van der Waals surface area contributed by atoms with Crippen LogP contribution in [0.3, 0.4) is 0 Å². The summed E-state index contributed by atoms with van der Waals surface area (Å²) in [5, 5.41) is 2.15. The molecule has 21 heavy (non-hydrogen) atoms. The van der Waals surface area contributed by atoms with Crippen molar-refractivity contribution in [2.45, 2.75) is 13.1 Å². The Balaban J connectivity index is 2.33. The number of carbonyl (C=O) groups excluding carboxylic acids is 1. The summed E-state index contributed by atoms with van der Waals surface area (Å²) in [7, 11) is 0. The van der Waals surface area contributed by atoms with E-state index in [2.05, 4.69) is 5.32 Å². The van der Waals surface area contributed by atoms with Crippen molar-refractivity contribution in [1.29, 1.82) is 0 Å². The number of rotatable bonds is 2. The summed E-state index contributed by atoms with van der Waals surface area (Å²) in [6.45, 7) is 1.66. The van der Waals surface area contributed by atoms with Crippen LogP contribution in [0, 0.1) is 12.7 Å². The normalized spacial score (nSPS) is 11.3. The molecule has 0 aliphatic carbocycles. The molecule has 1 amide bonds. The zero-order chi connectivity index (χ0) is 15.6. The van der Waals surface area contributed by atoms with Gasteiger partial charge in [-0.1, -0.05) is 18.2 Å². The van der Waals surface area contributed by atoms with E-state index < -0.39 is 29.0 Å². The molecule has 2 nitrogen and oxygen atoms in total. The Hall–Kier alpha value is -2.37. The van der Waals surface area contributed by atoms with Crippen LogP contribution in [0.15, 0.2) is 42.5 Å². The molecule has 0 heterocycles. The number of hydrogen-bond acceptors (Lipinski definition) is 1. The second-order valence-electron chi connectivity index (χ2n) is 4.48. The molecule has 0 bridgehead atoms. The van der Waals surface area contributed by atoms with Crippen LogP contribution >= 0.6 is 0 Å². The van der Waals surface area contributed by atoms with Crippen LogP contribution in [0.4, 0.5) is 23.2 Å². The van der Waals surface area contributed by atoms with Crippen molar-refractivity contribution in [3.8, 4) is 0 Å². The average Bonchev–Trinajstić information content (AvgIpc) is 2.41. The third-order valence-electron chi connectivity index (χ3n) is 2.85. The molecule has 0 fully saturated rings. The van der Waals surface area contributed by atoms with Gasteiger partial charge in [0.2, 0.25) is 0 Å². The number of benzene rings is 2. The predicted molar refractivity (Wildman–Crippen MR) is 70.5 cm³/mol. The molecule has 0 spiro atoms. The number of amides is 1. The van der Waals surface area contributed by atoms with Crippen molar-refractivity contribution in [2.24, 2.45) is 0 Å². The first-order chi connectivity index (χ1) is 9.79. The molecule has 0 atom stereocenters. The largest absolute Gasteiger partial charge is 0.417 e. The van der Waals surface area contributed by atoms with Crippen LogP contribution in [0.25, 0.3) is 0 Å². The van der Waals surface area contributed by atoms with Crippen molar-refractivity contribution >= 4 is 11.6 Å². The summed E-state index contributed by atoms with van der Waals surface area (Å²) in [6.07, 6.45) is -4.65. The Bertz CT molecular complexity index is 680. The Morgan fingerprint density at radius 3 is 2.38 bits per heavy atom. The van der Waals surface area contributed by atoms with Gasteiger partial charge in [-0.05, 0) is 36.8 Å². The summed E-state index contributed by atoms with van der Waals surface area (Å²) in [5.41, 5.74) is -1.14. The van der Waals surface area contributed by atoms with Gasteiger partial charge in [0.1, 0.15) is 5.82 Å². The van der Waals surface area contributed by atoms with E-state index >= 15 is 0 Å². The topological polar surface area (TPSA) is 29.1 Å². The molecule has 2 rings (SSSR count). The minimum absolute atomic E-state index is 0.164. The fourth-order valence-electron chi connectivity index (χ4n) is 1.84. The van der Waals surface area contributed by atoms with E-state index in [-0.39, 0.29) is 5.69 Å². The highest BCUT2D eigenvalue weighted by Crippen LogP contribution is 2.32. The van der Waals surface area contributed by atoms with Crippen molar-refractivity contribution in [2.75, 3.05) is 5.32 Å². The van der Waals surface area contributed by atoms with E-state index in [4.69, 9.17) is 0 Å². The van der Waals surface area contributed by atoms with Gasteiger partial charge in [0.25, 0.3) is 5.91 Å². The summed E-state index contributed by atoms with van der Waals surface area (Å²) in [6, 6.07) is 8.39. The van der Waals surface area contributed by atoms with Crippen molar-refractivity contribution in [3.63, 3.8) is 0 Å². The van der Waals surface area contributed by atoms with E-state index in [1.54, 1.807) is 13.0 Å². The summed E-state index contributed by atoms with van der Waals surface area (Å²) in [4.78, 5) is 11.9. The number of aryl methyl sites for hydroxylation is 1. The molecule has 6 heteroatoms. The van der Waals surface area contributed by atoms with Gasteiger partial charge in [-0.25, -0.2) is 4.39 Å². The first kappa shape index (κ1) is 15.0. The lowest BCUT2D eigenvalue weighted by atomic mass is 10.1. The fraction of sp³-hybridized carbons (Fsp3) is 0.133. The smallest absolute Gasteiger partial charge is 0.319 e. The Morgan fingerprint density at radius 2 is 1.76 bits per heavy atom. The van der Waals surface area contributed by atoms with Gasteiger partial charge < -0.3 is 5.32 Å². The lowest BCUT2D eigenvalue weighted by Crippen LogP contribution is -2.19. The second-order valence-corrected chi connectivity index (χ2v) is 4.48. The number of anilines is 1. The highest BCUT2D eigenvalue weighted by Gasteiger charge is 2.34. The molecule has 2 aromatic rings. The molecular weight excluding hydrogens is 286 g/mol. The lowest BCUT2D eigenvalue weighted by Gasteiger charge is -2.13. The van der Waals surface area contributed by atoms with Gasteiger partial charge in [0.15, 0.2) is 0 Å². The van der Waals surface area contributed by atoms with E-state index in [9.17, 15) is 22.4 Å². The summed E-state index contributed by atoms with van der Waals surface area (Å²) in [5.74, 6) is -1.71. The maximum absolute atomic E-state index is 13.6. The van der Waals surface area contributed by atoms with Crippen LogP contribution in [0.2, 0.25) is 0 Å². The molecular formula is C15H11F4NO. The molecule has 0 unspecified atom stereocenters. The molecule has 1 N–H and O–H groups in total. The average molecular weight is 297 g/mol. The van der Waals surface area contributed by atoms with Crippen molar-refractivity contribution < 1.29 is 22.4 Å². The molecule has 0 aliphatic heterocycles. The summed E-state index contributed by atoms with van der Waals surface area (Å²) >= 11 is 0. The number of hydrogen-bond donors (Lipinski definition) is 1. The molecule has 0 aromatic heterocycles. The molecule has 2 aromatic carbocycles. The van der Waals surface area contributed by atoms with Gasteiger partial charge in [-0.3, -0.25) is 4.79 Å². The molecule has 0 saturated carbocycles. The maximum atomic E-state index is 13.6. The Kier molecular flexibility index (Phi) is 3.97. The molecule has 0 saturated heterocycles. The first-order valence-corrected chi connectivity index (χ1v) is 6.03.